The van der Waals surface area contributed by atoms with Crippen LogP contribution in [0.2, 0.25) is 10.0 Å². The number of ether oxygens (including phenoxy) is 1. The molecule has 0 saturated carbocycles. The third-order valence-corrected chi connectivity index (χ3v) is 5.66. The van der Waals surface area contributed by atoms with Gasteiger partial charge in [0.15, 0.2) is 0 Å². The number of carboxylic acids is 1. The number of halogens is 2. The number of aromatic nitrogens is 1. The average molecular weight is 483 g/mol. The van der Waals surface area contributed by atoms with E-state index in [2.05, 4.69) is 21.9 Å². The number of fused-ring (bicyclic) bond motifs is 1. The summed E-state index contributed by atoms with van der Waals surface area (Å²) in [5.41, 5.74) is 3.82. The highest BCUT2D eigenvalue weighted by Crippen LogP contribution is 2.28. The van der Waals surface area contributed by atoms with E-state index in [1.165, 1.54) is 6.21 Å². The minimum absolute atomic E-state index is 0.332. The molecule has 0 aliphatic carbocycles. The van der Waals surface area contributed by atoms with Crippen LogP contribution < -0.4 is 4.74 Å². The van der Waals surface area contributed by atoms with Crippen LogP contribution in [0, 0.1) is 0 Å². The second kappa shape index (κ2) is 10.4. The molecule has 0 aliphatic rings. The fourth-order valence-electron chi connectivity index (χ4n) is 3.39. The van der Waals surface area contributed by atoms with Crippen molar-refractivity contribution in [3.05, 3.63) is 99.7 Å². The molecule has 4 aromatic rings. The largest absolute Gasteiger partial charge is 0.489 e. The van der Waals surface area contributed by atoms with E-state index in [1.54, 1.807) is 12.1 Å². The van der Waals surface area contributed by atoms with Gasteiger partial charge >= 0.3 is 5.97 Å². The van der Waals surface area contributed by atoms with Crippen molar-refractivity contribution in [3.63, 3.8) is 0 Å². The van der Waals surface area contributed by atoms with Gasteiger partial charge in [-0.15, -0.1) is 0 Å². The molecule has 168 valence electrons. The van der Waals surface area contributed by atoms with E-state index in [4.69, 9.17) is 37.9 Å². The zero-order valence-corrected chi connectivity index (χ0v) is 19.0. The maximum absolute atomic E-state index is 10.7. The molecule has 0 bridgehead atoms. The van der Waals surface area contributed by atoms with Crippen molar-refractivity contribution in [2.24, 2.45) is 5.16 Å². The lowest BCUT2D eigenvalue weighted by atomic mass is 10.2. The summed E-state index contributed by atoms with van der Waals surface area (Å²) in [5, 5.41) is 14.4. The van der Waals surface area contributed by atoms with Crippen LogP contribution in [0.1, 0.15) is 16.7 Å². The van der Waals surface area contributed by atoms with Gasteiger partial charge in [-0.2, -0.15) is 0 Å². The van der Waals surface area contributed by atoms with Crippen LogP contribution in [-0.4, -0.2) is 28.5 Å². The number of benzene rings is 3. The monoisotopic (exact) mass is 482 g/mol. The first-order valence-electron chi connectivity index (χ1n) is 10.1. The van der Waals surface area contributed by atoms with Crippen LogP contribution in [0.15, 0.2) is 78.1 Å². The van der Waals surface area contributed by atoms with Crippen molar-refractivity contribution in [1.82, 2.24) is 4.57 Å². The average Bonchev–Trinajstić information content (AvgIpc) is 3.14. The normalized spacial score (nSPS) is 11.2. The lowest BCUT2D eigenvalue weighted by Gasteiger charge is -2.09. The number of hydrogen-bond donors (Lipinski definition) is 1. The SMILES string of the molecule is O=C(O)CO/N=C/c1cn(Cc2ccccc2)c2ccc(OCc3ccc(Cl)c(Cl)c3)cc12. The Bertz CT molecular complexity index is 1300. The van der Waals surface area contributed by atoms with Gasteiger partial charge < -0.3 is 19.2 Å². The van der Waals surface area contributed by atoms with Gasteiger partial charge in [-0.3, -0.25) is 0 Å². The fraction of sp³-hybridized carbons (Fsp3) is 0.120. The fourth-order valence-corrected chi connectivity index (χ4v) is 3.71. The first-order chi connectivity index (χ1) is 16.0. The summed E-state index contributed by atoms with van der Waals surface area (Å²) in [5.74, 6) is -0.413. The highest BCUT2D eigenvalue weighted by atomic mass is 35.5. The zero-order chi connectivity index (χ0) is 23.2. The van der Waals surface area contributed by atoms with Crippen molar-refractivity contribution in [2.45, 2.75) is 13.2 Å². The zero-order valence-electron chi connectivity index (χ0n) is 17.4. The Morgan fingerprint density at radius 2 is 1.82 bits per heavy atom. The van der Waals surface area contributed by atoms with Crippen LogP contribution in [0.3, 0.4) is 0 Å². The first-order valence-corrected chi connectivity index (χ1v) is 10.9. The van der Waals surface area contributed by atoms with E-state index in [0.717, 1.165) is 27.6 Å². The van der Waals surface area contributed by atoms with Crippen molar-refractivity contribution in [3.8, 4) is 5.75 Å². The molecule has 0 radical (unpaired) electrons. The number of nitrogens with zero attached hydrogens (tertiary/aromatic N) is 2. The lowest BCUT2D eigenvalue weighted by Crippen LogP contribution is -2.03. The third kappa shape index (κ3) is 5.86. The lowest BCUT2D eigenvalue weighted by molar-refractivity contribution is -0.142. The number of hydrogen-bond acceptors (Lipinski definition) is 4. The summed E-state index contributed by atoms with van der Waals surface area (Å²) in [6, 6.07) is 21.3. The summed E-state index contributed by atoms with van der Waals surface area (Å²) in [7, 11) is 0. The highest BCUT2D eigenvalue weighted by molar-refractivity contribution is 6.42. The van der Waals surface area contributed by atoms with Crippen LogP contribution in [0.4, 0.5) is 0 Å². The molecule has 33 heavy (non-hydrogen) atoms. The van der Waals surface area contributed by atoms with Crippen molar-refractivity contribution in [2.75, 3.05) is 6.61 Å². The Kier molecular flexibility index (Phi) is 7.17. The van der Waals surface area contributed by atoms with Gasteiger partial charge in [-0.1, -0.05) is 64.8 Å². The van der Waals surface area contributed by atoms with Crippen LogP contribution >= 0.6 is 23.2 Å². The number of carboxylic acid groups (broad SMARTS) is 1. The molecule has 0 atom stereocenters. The van der Waals surface area contributed by atoms with E-state index in [9.17, 15) is 4.79 Å². The van der Waals surface area contributed by atoms with Gasteiger partial charge in [0, 0.05) is 29.2 Å². The summed E-state index contributed by atoms with van der Waals surface area (Å²) in [4.78, 5) is 15.5. The van der Waals surface area contributed by atoms with Gasteiger partial charge in [-0.05, 0) is 41.5 Å². The standard InChI is InChI=1S/C25H20Cl2N2O4/c26-22-8-6-18(10-23(22)27)15-32-20-7-9-24-21(11-20)19(12-28-33-16-25(30)31)14-29(24)13-17-4-2-1-3-5-17/h1-12,14H,13,15-16H2,(H,30,31)/b28-12+. The van der Waals surface area contributed by atoms with Crippen molar-refractivity contribution in [1.29, 1.82) is 0 Å². The number of oxime groups is 1. The summed E-state index contributed by atoms with van der Waals surface area (Å²) >= 11 is 12.1. The van der Waals surface area contributed by atoms with Crippen molar-refractivity contribution < 1.29 is 19.5 Å². The van der Waals surface area contributed by atoms with Gasteiger partial charge in [0.1, 0.15) is 12.4 Å². The molecular formula is C25H20Cl2N2O4. The van der Waals surface area contributed by atoms with Gasteiger partial charge in [0.2, 0.25) is 6.61 Å². The van der Waals surface area contributed by atoms with Crippen molar-refractivity contribution >= 4 is 46.3 Å². The van der Waals surface area contributed by atoms with Crippen LogP contribution in [0.25, 0.3) is 10.9 Å². The summed E-state index contributed by atoms with van der Waals surface area (Å²) in [6.07, 6.45) is 3.46. The Balaban J connectivity index is 1.61. The Morgan fingerprint density at radius 3 is 2.58 bits per heavy atom. The molecule has 3 aromatic carbocycles. The molecule has 0 saturated heterocycles. The predicted octanol–water partition coefficient (Wildman–Crippen LogP) is 6.01. The van der Waals surface area contributed by atoms with Gasteiger partial charge in [-0.25, -0.2) is 4.79 Å². The van der Waals surface area contributed by atoms with E-state index in [0.29, 0.717) is 28.9 Å². The first kappa shape index (κ1) is 22.7. The highest BCUT2D eigenvalue weighted by Gasteiger charge is 2.10. The molecule has 0 spiro atoms. The Labute approximate surface area is 200 Å². The second-order valence-corrected chi connectivity index (χ2v) is 8.13. The van der Waals surface area contributed by atoms with E-state index >= 15 is 0 Å². The smallest absolute Gasteiger partial charge is 0.344 e. The van der Waals surface area contributed by atoms with Crippen LogP contribution in [-0.2, 0) is 22.8 Å². The molecule has 0 unspecified atom stereocenters. The number of rotatable bonds is 9. The van der Waals surface area contributed by atoms with Crippen LogP contribution in [0.5, 0.6) is 5.75 Å². The summed E-state index contributed by atoms with van der Waals surface area (Å²) in [6.45, 7) is 0.500. The van der Waals surface area contributed by atoms with Gasteiger partial charge in [0.25, 0.3) is 0 Å². The molecule has 4 rings (SSSR count). The summed E-state index contributed by atoms with van der Waals surface area (Å²) < 4.78 is 8.07. The molecule has 1 N–H and O–H groups in total. The number of aliphatic carboxylic acids is 1. The topological polar surface area (TPSA) is 73.0 Å². The maximum atomic E-state index is 10.7. The predicted molar refractivity (Wildman–Crippen MR) is 129 cm³/mol. The molecule has 0 amide bonds. The maximum Gasteiger partial charge on any atom is 0.344 e. The molecule has 0 fully saturated rings. The molecule has 1 heterocycles. The molecule has 1 aromatic heterocycles. The molecular weight excluding hydrogens is 463 g/mol. The minimum Gasteiger partial charge on any atom is -0.489 e. The second-order valence-electron chi connectivity index (χ2n) is 7.32. The quantitative estimate of drug-likeness (QED) is 0.234. The molecule has 8 heteroatoms. The molecule has 6 nitrogen and oxygen atoms in total. The minimum atomic E-state index is -1.09. The van der Waals surface area contributed by atoms with E-state index in [-0.39, 0.29) is 0 Å². The molecule has 0 aliphatic heterocycles. The van der Waals surface area contributed by atoms with Gasteiger partial charge in [0.05, 0.1) is 16.3 Å². The van der Waals surface area contributed by atoms with E-state index in [1.807, 2.05) is 48.7 Å². The Morgan fingerprint density at radius 1 is 1.00 bits per heavy atom. The third-order valence-electron chi connectivity index (χ3n) is 4.92. The number of carbonyl (C=O) groups is 1. The Hall–Kier alpha value is -3.48. The van der Waals surface area contributed by atoms with E-state index < -0.39 is 12.6 Å².